The number of benzene rings is 6. The maximum atomic E-state index is 6.46. The van der Waals surface area contributed by atoms with Crippen LogP contribution in [0, 0.1) is 0 Å². The van der Waals surface area contributed by atoms with Crippen molar-refractivity contribution in [1.82, 2.24) is 0 Å². The molecule has 0 amide bonds. The lowest BCUT2D eigenvalue weighted by Gasteiger charge is -2.28. The van der Waals surface area contributed by atoms with E-state index in [1.165, 1.54) is 10.8 Å². The Morgan fingerprint density at radius 3 is 2.27 bits per heavy atom. The quantitative estimate of drug-likeness (QED) is 0.272. The molecule has 3 nitrogen and oxygen atoms in total. The second-order valence-corrected chi connectivity index (χ2v) is 9.59. The third-order valence-corrected chi connectivity index (χ3v) is 7.48. The van der Waals surface area contributed by atoms with Gasteiger partial charge in [0.1, 0.15) is 17.3 Å². The van der Waals surface area contributed by atoms with Gasteiger partial charge in [-0.1, -0.05) is 103 Å². The average molecular weight is 475 g/mol. The fourth-order valence-electron chi connectivity index (χ4n) is 5.79. The van der Waals surface area contributed by atoms with Crippen molar-refractivity contribution in [3.05, 3.63) is 138 Å². The number of nitrogens with zero attached hydrogens (tertiary/aromatic N) is 1. The number of fused-ring (bicyclic) bond motifs is 8. The molecule has 8 rings (SSSR count). The number of furan rings is 1. The summed E-state index contributed by atoms with van der Waals surface area (Å²) in [5, 5.41) is 10.7. The van der Waals surface area contributed by atoms with Crippen molar-refractivity contribution in [3.8, 4) is 0 Å². The molecular formula is C34H22N2O. The Hall–Kier alpha value is -4.89. The van der Waals surface area contributed by atoms with Crippen molar-refractivity contribution in [1.29, 1.82) is 0 Å². The molecule has 0 radical (unpaired) electrons. The molecule has 7 aromatic rings. The van der Waals surface area contributed by atoms with Gasteiger partial charge in [-0.2, -0.15) is 0 Å². The van der Waals surface area contributed by atoms with Crippen LogP contribution in [-0.2, 0) is 0 Å². The van der Waals surface area contributed by atoms with Crippen LogP contribution in [0.1, 0.15) is 22.9 Å². The largest absolute Gasteiger partial charge is 0.455 e. The predicted molar refractivity (Wildman–Crippen MR) is 154 cm³/mol. The van der Waals surface area contributed by atoms with Gasteiger partial charge in [0.25, 0.3) is 0 Å². The normalized spacial score (nSPS) is 15.1. The summed E-state index contributed by atoms with van der Waals surface area (Å²) in [5.41, 5.74) is 7.28. The van der Waals surface area contributed by atoms with Gasteiger partial charge in [-0.05, 0) is 34.4 Å². The third kappa shape index (κ3) is 3.04. The van der Waals surface area contributed by atoms with E-state index >= 15 is 0 Å². The van der Waals surface area contributed by atoms with Gasteiger partial charge in [0.2, 0.25) is 0 Å². The minimum Gasteiger partial charge on any atom is -0.455 e. The summed E-state index contributed by atoms with van der Waals surface area (Å²) in [6.45, 7) is 0. The van der Waals surface area contributed by atoms with Crippen LogP contribution in [0.3, 0.4) is 0 Å². The van der Waals surface area contributed by atoms with E-state index in [9.17, 15) is 0 Å². The Kier molecular flexibility index (Phi) is 4.29. The van der Waals surface area contributed by atoms with Gasteiger partial charge < -0.3 is 9.73 Å². The first-order chi connectivity index (χ1) is 18.3. The highest BCUT2D eigenvalue weighted by Gasteiger charge is 2.26. The van der Waals surface area contributed by atoms with Crippen molar-refractivity contribution >= 4 is 54.9 Å². The van der Waals surface area contributed by atoms with E-state index in [1.54, 1.807) is 0 Å². The van der Waals surface area contributed by atoms with E-state index in [0.29, 0.717) is 0 Å². The number of aliphatic imine (C=N–C) groups is 1. The third-order valence-electron chi connectivity index (χ3n) is 7.48. The second-order valence-electron chi connectivity index (χ2n) is 9.59. The highest BCUT2D eigenvalue weighted by molar-refractivity contribution is 6.24. The summed E-state index contributed by atoms with van der Waals surface area (Å²) in [4.78, 5) is 5.39. The summed E-state index contributed by atoms with van der Waals surface area (Å²) < 4.78 is 6.46. The topological polar surface area (TPSA) is 37.5 Å². The van der Waals surface area contributed by atoms with Crippen molar-refractivity contribution in [3.63, 3.8) is 0 Å². The molecule has 1 N–H and O–H groups in total. The molecule has 37 heavy (non-hydrogen) atoms. The molecule has 0 saturated heterocycles. The molecule has 0 fully saturated rings. The first kappa shape index (κ1) is 20.3. The van der Waals surface area contributed by atoms with Crippen LogP contribution < -0.4 is 5.32 Å². The molecule has 174 valence electrons. The van der Waals surface area contributed by atoms with Gasteiger partial charge in [-0.15, -0.1) is 0 Å². The van der Waals surface area contributed by atoms with Gasteiger partial charge in [0.15, 0.2) is 0 Å². The maximum Gasteiger partial charge on any atom is 0.146 e. The molecule has 0 spiro atoms. The van der Waals surface area contributed by atoms with Crippen LogP contribution in [-0.4, -0.2) is 5.71 Å². The second kappa shape index (κ2) is 7.81. The fraction of sp³-hybridized carbons (Fsp3) is 0.0294. The number of hydrogen-bond acceptors (Lipinski definition) is 3. The van der Waals surface area contributed by atoms with Gasteiger partial charge in [0, 0.05) is 38.5 Å². The molecule has 0 aliphatic carbocycles. The van der Waals surface area contributed by atoms with Crippen molar-refractivity contribution in [2.45, 2.75) is 6.17 Å². The van der Waals surface area contributed by atoms with Crippen LogP contribution in [0.4, 0.5) is 5.69 Å². The zero-order chi connectivity index (χ0) is 24.3. The fourth-order valence-corrected chi connectivity index (χ4v) is 5.79. The van der Waals surface area contributed by atoms with Crippen LogP contribution in [0.15, 0.2) is 131 Å². The lowest BCUT2D eigenvalue weighted by Crippen LogP contribution is -2.21. The standard InChI is InChI=1S/C34H22N2O/c1-2-10-23(11-3-1)32-31-24-13-5-4-9-21(24)18-20-28(31)35-34(36-32)27-15-8-12-22-17-19-26-25-14-6-7-16-29(25)37-33(26)30(22)27/h1-20,34-35H. The van der Waals surface area contributed by atoms with E-state index < -0.39 is 0 Å². The van der Waals surface area contributed by atoms with Crippen molar-refractivity contribution < 1.29 is 4.42 Å². The number of anilines is 1. The van der Waals surface area contributed by atoms with Gasteiger partial charge in [0.05, 0.1) is 5.71 Å². The average Bonchev–Trinajstić information content (AvgIpc) is 3.35. The summed E-state index contributed by atoms with van der Waals surface area (Å²) in [6.07, 6.45) is -0.258. The highest BCUT2D eigenvalue weighted by atomic mass is 16.3. The number of nitrogens with one attached hydrogen (secondary N) is 1. The summed E-state index contributed by atoms with van der Waals surface area (Å²) >= 11 is 0. The number of hydrogen-bond donors (Lipinski definition) is 1. The Morgan fingerprint density at radius 2 is 1.35 bits per heavy atom. The van der Waals surface area contributed by atoms with E-state index in [1.807, 2.05) is 12.1 Å². The molecule has 1 aliphatic heterocycles. The first-order valence-electron chi connectivity index (χ1n) is 12.6. The molecule has 1 atom stereocenters. The van der Waals surface area contributed by atoms with Gasteiger partial charge in [-0.3, -0.25) is 4.99 Å². The summed E-state index contributed by atoms with van der Waals surface area (Å²) in [7, 11) is 0. The van der Waals surface area contributed by atoms with Gasteiger partial charge >= 0.3 is 0 Å². The van der Waals surface area contributed by atoms with Crippen LogP contribution in [0.5, 0.6) is 0 Å². The molecule has 3 heteroatoms. The smallest absolute Gasteiger partial charge is 0.146 e. The SMILES string of the molecule is c1ccc(C2=NC(c3cccc4ccc5c6ccccc6oc5c34)Nc3ccc4ccccc4c32)cc1. The molecule has 2 heterocycles. The molecule has 1 aliphatic rings. The molecule has 0 saturated carbocycles. The monoisotopic (exact) mass is 474 g/mol. The summed E-state index contributed by atoms with van der Waals surface area (Å²) in [6, 6.07) is 42.4. The maximum absolute atomic E-state index is 6.46. The predicted octanol–water partition coefficient (Wildman–Crippen LogP) is 8.85. The van der Waals surface area contributed by atoms with Crippen molar-refractivity contribution in [2.75, 3.05) is 5.32 Å². The minimum atomic E-state index is -0.258. The first-order valence-corrected chi connectivity index (χ1v) is 12.6. The highest BCUT2D eigenvalue weighted by Crippen LogP contribution is 2.41. The van der Waals surface area contributed by atoms with E-state index in [0.717, 1.165) is 60.8 Å². The number of rotatable bonds is 2. The van der Waals surface area contributed by atoms with Crippen LogP contribution in [0.25, 0.3) is 43.5 Å². The van der Waals surface area contributed by atoms with E-state index in [2.05, 4.69) is 115 Å². The molecule has 6 aromatic carbocycles. The Bertz CT molecular complexity index is 2020. The van der Waals surface area contributed by atoms with Gasteiger partial charge in [-0.25, -0.2) is 0 Å². The Balaban J connectivity index is 1.42. The van der Waals surface area contributed by atoms with Crippen LogP contribution in [0.2, 0.25) is 0 Å². The zero-order valence-electron chi connectivity index (χ0n) is 20.0. The minimum absolute atomic E-state index is 0.258. The lowest BCUT2D eigenvalue weighted by atomic mass is 9.92. The molecule has 1 aromatic heterocycles. The van der Waals surface area contributed by atoms with Crippen LogP contribution >= 0.6 is 0 Å². The Morgan fingerprint density at radius 1 is 0.595 bits per heavy atom. The molecule has 1 unspecified atom stereocenters. The zero-order valence-corrected chi connectivity index (χ0v) is 20.0. The Labute approximate surface area is 213 Å². The van der Waals surface area contributed by atoms with E-state index in [-0.39, 0.29) is 6.17 Å². The molecule has 0 bridgehead atoms. The summed E-state index contributed by atoms with van der Waals surface area (Å²) in [5.74, 6) is 0. The van der Waals surface area contributed by atoms with E-state index in [4.69, 9.17) is 9.41 Å². The van der Waals surface area contributed by atoms with Crippen molar-refractivity contribution in [2.24, 2.45) is 4.99 Å². The lowest BCUT2D eigenvalue weighted by molar-refractivity contribution is 0.671. The number of para-hydroxylation sites is 1. The molecular weight excluding hydrogens is 452 g/mol.